The molecule has 0 aromatic heterocycles. The Morgan fingerprint density at radius 3 is 2.79 bits per heavy atom. The van der Waals surface area contributed by atoms with Crippen molar-refractivity contribution in [1.29, 1.82) is 0 Å². The lowest BCUT2D eigenvalue weighted by atomic mass is 9.66. The molecular weight excluding hydrogens is 357 g/mol. The van der Waals surface area contributed by atoms with Gasteiger partial charge in [-0.05, 0) is 37.1 Å². The molecule has 2 aromatic carbocycles. The predicted octanol–water partition coefficient (Wildman–Crippen LogP) is 2.99. The third kappa shape index (κ3) is 3.49. The van der Waals surface area contributed by atoms with Crippen molar-refractivity contribution in [3.8, 4) is 11.5 Å². The minimum atomic E-state index is -0.660. The second-order valence-electron chi connectivity index (χ2n) is 8.29. The Balaban J connectivity index is 1.73. The predicted molar refractivity (Wildman–Crippen MR) is 105 cm³/mol. The lowest BCUT2D eigenvalue weighted by Gasteiger charge is -2.50. The molecule has 4 rings (SSSR count). The van der Waals surface area contributed by atoms with E-state index in [0.717, 1.165) is 44.2 Å². The van der Waals surface area contributed by atoms with E-state index in [1.807, 2.05) is 24.3 Å². The first-order valence-electron chi connectivity index (χ1n) is 10.2. The highest BCUT2D eigenvalue weighted by Crippen LogP contribution is 2.45. The van der Waals surface area contributed by atoms with Gasteiger partial charge in [0.1, 0.15) is 18.4 Å². The zero-order valence-electron chi connectivity index (χ0n) is 16.3. The number of fused-ring (bicyclic) bond motifs is 1. The molecule has 2 fully saturated rings. The number of phenolic OH excluding ortho intramolecular Hbond substituents is 1. The first kappa shape index (κ1) is 19.2. The number of benzene rings is 2. The quantitative estimate of drug-likeness (QED) is 0.757. The van der Waals surface area contributed by atoms with Crippen molar-refractivity contribution >= 4 is 0 Å². The Morgan fingerprint density at radius 1 is 1.18 bits per heavy atom. The fourth-order valence-electron chi connectivity index (χ4n) is 5.29. The zero-order valence-corrected chi connectivity index (χ0v) is 16.3. The molecule has 150 valence electrons. The molecule has 1 saturated heterocycles. The number of nitrogens with one attached hydrogen (secondary N) is 1. The molecule has 28 heavy (non-hydrogen) atoms. The van der Waals surface area contributed by atoms with Crippen molar-refractivity contribution in [2.45, 2.75) is 50.3 Å². The summed E-state index contributed by atoms with van der Waals surface area (Å²) in [7, 11) is 1.54. The number of aromatic hydroxyl groups is 1. The standard InChI is InChI=1S/C23H28FNO3/c1-28-21-14-16(9-10-20(21)26)22-18-7-4-5-11-23(18,27)12-13-25(22)15-17-6-2-3-8-19(17)24/h2-3,6,8-10,14,18,22,26-27H,4-5,7,11-13,15H2,1H3/p+1/t18-,22+,23+/m0/s1. The molecule has 0 amide bonds. The first-order valence-corrected chi connectivity index (χ1v) is 10.2. The van der Waals surface area contributed by atoms with Crippen LogP contribution in [0.3, 0.4) is 0 Å². The molecule has 4 nitrogen and oxygen atoms in total. The van der Waals surface area contributed by atoms with Crippen molar-refractivity contribution < 1.29 is 24.2 Å². The first-order chi connectivity index (χ1) is 13.5. The summed E-state index contributed by atoms with van der Waals surface area (Å²) >= 11 is 0. The van der Waals surface area contributed by atoms with Crippen molar-refractivity contribution in [2.75, 3.05) is 13.7 Å². The van der Waals surface area contributed by atoms with E-state index in [0.29, 0.717) is 17.9 Å². The highest BCUT2D eigenvalue weighted by molar-refractivity contribution is 5.42. The molecule has 0 spiro atoms. The van der Waals surface area contributed by atoms with Crippen LogP contribution >= 0.6 is 0 Å². The summed E-state index contributed by atoms with van der Waals surface area (Å²) in [6, 6.07) is 12.4. The summed E-state index contributed by atoms with van der Waals surface area (Å²) in [4.78, 5) is 1.26. The number of likely N-dealkylation sites (tertiary alicyclic amines) is 1. The van der Waals surface area contributed by atoms with Crippen molar-refractivity contribution in [1.82, 2.24) is 0 Å². The van der Waals surface area contributed by atoms with Gasteiger partial charge in [-0.3, -0.25) is 0 Å². The number of quaternary nitrogens is 1. The number of rotatable bonds is 4. The van der Waals surface area contributed by atoms with Crippen LogP contribution in [0.15, 0.2) is 42.5 Å². The van der Waals surface area contributed by atoms with Crippen LogP contribution in [-0.4, -0.2) is 29.5 Å². The van der Waals surface area contributed by atoms with Crippen LogP contribution in [0.5, 0.6) is 11.5 Å². The molecule has 1 aliphatic carbocycles. The molecule has 2 aromatic rings. The Morgan fingerprint density at radius 2 is 2.00 bits per heavy atom. The molecule has 5 heteroatoms. The van der Waals surface area contributed by atoms with Gasteiger partial charge in [-0.1, -0.05) is 31.0 Å². The summed E-state index contributed by atoms with van der Waals surface area (Å²) in [6.07, 6.45) is 4.70. The van der Waals surface area contributed by atoms with Gasteiger partial charge < -0.3 is 19.8 Å². The van der Waals surface area contributed by atoms with Gasteiger partial charge >= 0.3 is 0 Å². The van der Waals surface area contributed by atoms with Gasteiger partial charge in [0.2, 0.25) is 0 Å². The number of phenols is 1. The van der Waals surface area contributed by atoms with Gasteiger partial charge in [0, 0.05) is 23.5 Å². The van der Waals surface area contributed by atoms with Crippen molar-refractivity contribution in [3.63, 3.8) is 0 Å². The van der Waals surface area contributed by atoms with Crippen LogP contribution in [0, 0.1) is 11.7 Å². The van der Waals surface area contributed by atoms with Crippen molar-refractivity contribution in [3.05, 3.63) is 59.4 Å². The third-order valence-electron chi connectivity index (χ3n) is 6.72. The molecule has 1 unspecified atom stereocenters. The maximum absolute atomic E-state index is 14.3. The smallest absolute Gasteiger partial charge is 0.160 e. The number of hydrogen-bond donors (Lipinski definition) is 3. The highest BCUT2D eigenvalue weighted by Gasteiger charge is 2.51. The largest absolute Gasteiger partial charge is 0.504 e. The van der Waals surface area contributed by atoms with E-state index in [1.54, 1.807) is 19.2 Å². The highest BCUT2D eigenvalue weighted by atomic mass is 19.1. The SMILES string of the molecule is COc1cc([C@@H]2[C@@H]3CCCC[C@@]3(O)CC[NH+]2Cc2ccccc2F)ccc1O. The number of halogens is 1. The average molecular weight is 386 g/mol. The van der Waals surface area contributed by atoms with Crippen LogP contribution < -0.4 is 9.64 Å². The molecule has 0 radical (unpaired) electrons. The molecule has 1 heterocycles. The molecular formula is C23H29FNO3+. The summed E-state index contributed by atoms with van der Waals surface area (Å²) in [5, 5.41) is 21.4. The second kappa shape index (κ2) is 7.72. The number of ether oxygens (including phenoxy) is 1. The van der Waals surface area contributed by atoms with Crippen LogP contribution in [0.25, 0.3) is 0 Å². The monoisotopic (exact) mass is 386 g/mol. The topological polar surface area (TPSA) is 54.1 Å². The fraction of sp³-hybridized carbons (Fsp3) is 0.478. The van der Waals surface area contributed by atoms with Crippen LogP contribution in [0.2, 0.25) is 0 Å². The summed E-state index contributed by atoms with van der Waals surface area (Å²) < 4.78 is 19.7. The third-order valence-corrected chi connectivity index (χ3v) is 6.72. The molecule has 3 N–H and O–H groups in total. The maximum Gasteiger partial charge on any atom is 0.160 e. The minimum Gasteiger partial charge on any atom is -0.504 e. The van der Waals surface area contributed by atoms with E-state index in [9.17, 15) is 14.6 Å². The number of hydrogen-bond acceptors (Lipinski definition) is 3. The second-order valence-corrected chi connectivity index (χ2v) is 8.29. The molecule has 0 bridgehead atoms. The Labute approximate surface area is 165 Å². The van der Waals surface area contributed by atoms with Gasteiger partial charge in [0.15, 0.2) is 11.5 Å². The molecule has 2 aliphatic rings. The van der Waals surface area contributed by atoms with E-state index in [2.05, 4.69) is 0 Å². The van der Waals surface area contributed by atoms with Gasteiger partial charge in [-0.2, -0.15) is 0 Å². The number of aliphatic hydroxyl groups is 1. The summed E-state index contributed by atoms with van der Waals surface area (Å²) in [5.41, 5.74) is 1.08. The van der Waals surface area contributed by atoms with E-state index in [4.69, 9.17) is 4.74 Å². The van der Waals surface area contributed by atoms with Gasteiger partial charge in [0.25, 0.3) is 0 Å². The van der Waals surface area contributed by atoms with Crippen molar-refractivity contribution in [2.24, 2.45) is 5.92 Å². The van der Waals surface area contributed by atoms with Gasteiger partial charge in [-0.15, -0.1) is 0 Å². The number of methoxy groups -OCH3 is 1. The minimum absolute atomic E-state index is 0.0353. The van der Waals surface area contributed by atoms with Crippen LogP contribution in [0.1, 0.15) is 49.3 Å². The molecule has 1 aliphatic heterocycles. The van der Waals surface area contributed by atoms with Gasteiger partial charge in [-0.25, -0.2) is 4.39 Å². The zero-order chi connectivity index (χ0) is 19.7. The van der Waals surface area contributed by atoms with E-state index < -0.39 is 5.60 Å². The van der Waals surface area contributed by atoms with E-state index in [-0.39, 0.29) is 23.5 Å². The molecule has 1 saturated carbocycles. The fourth-order valence-corrected chi connectivity index (χ4v) is 5.29. The Bertz CT molecular complexity index is 842. The van der Waals surface area contributed by atoms with Gasteiger partial charge in [0.05, 0.1) is 19.3 Å². The van der Waals surface area contributed by atoms with E-state index in [1.165, 1.54) is 11.0 Å². The maximum atomic E-state index is 14.3. The Kier molecular flexibility index (Phi) is 5.30. The van der Waals surface area contributed by atoms with Crippen LogP contribution in [0.4, 0.5) is 4.39 Å². The van der Waals surface area contributed by atoms with E-state index >= 15 is 0 Å². The summed E-state index contributed by atoms with van der Waals surface area (Å²) in [6.45, 7) is 1.36. The Hall–Kier alpha value is -2.11. The van der Waals surface area contributed by atoms with Crippen LogP contribution in [-0.2, 0) is 6.54 Å². The lowest BCUT2D eigenvalue weighted by Crippen LogP contribution is -3.13. The normalized spacial score (nSPS) is 29.9. The lowest BCUT2D eigenvalue weighted by molar-refractivity contribution is -0.958. The average Bonchev–Trinajstić information content (AvgIpc) is 2.70. The number of piperidine rings is 1. The summed E-state index contributed by atoms with van der Waals surface area (Å²) in [5.74, 6) is 0.483. The molecule has 4 atom stereocenters.